The maximum atomic E-state index is 13.6. The minimum Gasteiger partial charge on any atom is -0.457 e. The molecule has 0 radical (unpaired) electrons. The van der Waals surface area contributed by atoms with Crippen LogP contribution in [0.5, 0.6) is 11.5 Å². The number of ether oxygens (including phenoxy) is 1. The quantitative estimate of drug-likeness (QED) is 0.114. The molecular weight excluding hydrogens is 604 g/mol. The molecule has 4 aromatic carbocycles. The predicted molar refractivity (Wildman–Crippen MR) is 191 cm³/mol. The zero-order chi connectivity index (χ0) is 33.3. The van der Waals surface area contributed by atoms with Crippen molar-refractivity contribution < 1.29 is 14.3 Å². The fourth-order valence-electron chi connectivity index (χ4n) is 5.09. The summed E-state index contributed by atoms with van der Waals surface area (Å²) in [6.45, 7) is 7.54. The molecule has 0 atom stereocenters. The average Bonchev–Trinajstić information content (AvgIpc) is 3.11. The lowest BCUT2D eigenvalue weighted by molar-refractivity contribution is -0.111. The predicted octanol–water partition coefficient (Wildman–Crippen LogP) is 6.88. The normalized spacial score (nSPS) is 12.9. The number of para-hydroxylation sites is 3. The number of nitrogens with one attached hydrogen (secondary N) is 4. The van der Waals surface area contributed by atoms with Gasteiger partial charge in [0.1, 0.15) is 22.9 Å². The summed E-state index contributed by atoms with van der Waals surface area (Å²) in [5.74, 6) is 1.08. The zero-order valence-corrected chi connectivity index (χ0v) is 26.5. The monoisotopic (exact) mass is 640 g/mol. The second-order valence-electron chi connectivity index (χ2n) is 11.2. The van der Waals surface area contributed by atoms with E-state index in [1.54, 1.807) is 42.5 Å². The number of anilines is 7. The van der Waals surface area contributed by atoms with Crippen molar-refractivity contribution >= 4 is 52.0 Å². The fraction of sp³-hybridized carbons (Fsp3) is 0.135. The Bertz CT molecular complexity index is 1870. The van der Waals surface area contributed by atoms with E-state index in [1.165, 1.54) is 12.3 Å². The molecule has 1 aliphatic heterocycles. The van der Waals surface area contributed by atoms with Gasteiger partial charge in [0.2, 0.25) is 11.9 Å². The van der Waals surface area contributed by atoms with Crippen molar-refractivity contribution in [2.75, 3.05) is 59.4 Å². The standard InChI is InChI=1S/C37H36N8O3/c1-3-34(46)41-32-11-7-8-12-33(32)42-35-31(36(47)39-26-15-19-30(20-16-26)48-29-9-5-4-6-10-29)25-38-37(43-35)40-27-13-17-28(18-14-27)45-23-21-44(2)22-24-45/h3-20,25H,1,21-24H2,2H3,(H,39,47)(H,41,46)(H2,38,40,42,43). The molecule has 0 spiro atoms. The number of rotatable bonds is 11. The van der Waals surface area contributed by atoms with Gasteiger partial charge < -0.3 is 35.8 Å². The third-order valence-electron chi connectivity index (χ3n) is 7.74. The van der Waals surface area contributed by atoms with Gasteiger partial charge in [-0.3, -0.25) is 9.59 Å². The summed E-state index contributed by atoms with van der Waals surface area (Å²) in [4.78, 5) is 39.6. The number of carbonyl (C=O) groups is 2. The van der Waals surface area contributed by atoms with Crippen LogP contribution in [-0.4, -0.2) is 59.9 Å². The van der Waals surface area contributed by atoms with E-state index in [9.17, 15) is 9.59 Å². The molecule has 4 N–H and O–H groups in total. The highest BCUT2D eigenvalue weighted by atomic mass is 16.5. The molecule has 1 saturated heterocycles. The van der Waals surface area contributed by atoms with E-state index in [0.717, 1.165) is 37.6 Å². The van der Waals surface area contributed by atoms with Crippen LogP contribution < -0.4 is 30.9 Å². The lowest BCUT2D eigenvalue weighted by atomic mass is 10.2. The number of benzene rings is 4. The van der Waals surface area contributed by atoms with E-state index < -0.39 is 5.91 Å². The molecule has 6 rings (SSSR count). The molecule has 11 heteroatoms. The molecule has 1 aromatic heterocycles. The van der Waals surface area contributed by atoms with Gasteiger partial charge >= 0.3 is 0 Å². The summed E-state index contributed by atoms with van der Waals surface area (Å²) < 4.78 is 5.87. The summed E-state index contributed by atoms with van der Waals surface area (Å²) >= 11 is 0. The molecule has 242 valence electrons. The van der Waals surface area contributed by atoms with Crippen molar-refractivity contribution in [2.45, 2.75) is 0 Å². The highest BCUT2D eigenvalue weighted by molar-refractivity contribution is 6.08. The van der Waals surface area contributed by atoms with Gasteiger partial charge in [-0.2, -0.15) is 4.98 Å². The van der Waals surface area contributed by atoms with Crippen LogP contribution in [0.3, 0.4) is 0 Å². The van der Waals surface area contributed by atoms with Gasteiger partial charge in [-0.25, -0.2) is 4.98 Å². The number of hydrogen-bond acceptors (Lipinski definition) is 9. The van der Waals surface area contributed by atoms with Crippen molar-refractivity contribution in [3.63, 3.8) is 0 Å². The topological polar surface area (TPSA) is 124 Å². The number of aromatic nitrogens is 2. The molecule has 0 bridgehead atoms. The van der Waals surface area contributed by atoms with E-state index in [4.69, 9.17) is 4.74 Å². The van der Waals surface area contributed by atoms with E-state index in [1.807, 2.05) is 48.5 Å². The zero-order valence-electron chi connectivity index (χ0n) is 26.5. The number of nitrogens with zero attached hydrogens (tertiary/aromatic N) is 4. The average molecular weight is 641 g/mol. The van der Waals surface area contributed by atoms with Crippen LogP contribution in [0.2, 0.25) is 0 Å². The van der Waals surface area contributed by atoms with Crippen LogP contribution in [0.25, 0.3) is 0 Å². The Balaban J connectivity index is 1.23. The van der Waals surface area contributed by atoms with Crippen molar-refractivity contribution in [2.24, 2.45) is 0 Å². The summed E-state index contributed by atoms with van der Waals surface area (Å²) in [5, 5.41) is 12.2. The summed E-state index contributed by atoms with van der Waals surface area (Å²) in [6, 6.07) is 31.8. The highest BCUT2D eigenvalue weighted by Gasteiger charge is 2.18. The fourth-order valence-corrected chi connectivity index (χ4v) is 5.09. The minimum absolute atomic E-state index is 0.195. The Labute approximate surface area is 279 Å². The number of carbonyl (C=O) groups excluding carboxylic acids is 2. The van der Waals surface area contributed by atoms with Gasteiger partial charge in [0.15, 0.2) is 0 Å². The molecule has 1 aliphatic rings. The molecule has 0 saturated carbocycles. The molecule has 2 amide bonds. The number of likely N-dealkylation sites (N-methyl/N-ethyl adjacent to an activating group) is 1. The van der Waals surface area contributed by atoms with Crippen LogP contribution in [0, 0.1) is 0 Å². The van der Waals surface area contributed by atoms with Crippen molar-refractivity contribution in [3.8, 4) is 11.5 Å². The number of amides is 2. The van der Waals surface area contributed by atoms with E-state index in [2.05, 4.69) is 66.8 Å². The van der Waals surface area contributed by atoms with Crippen LogP contribution in [-0.2, 0) is 4.79 Å². The molecule has 48 heavy (non-hydrogen) atoms. The van der Waals surface area contributed by atoms with E-state index >= 15 is 0 Å². The number of piperazine rings is 1. The van der Waals surface area contributed by atoms with Crippen molar-refractivity contribution in [1.29, 1.82) is 0 Å². The van der Waals surface area contributed by atoms with Gasteiger partial charge in [-0.15, -0.1) is 0 Å². The Kier molecular flexibility index (Phi) is 9.88. The van der Waals surface area contributed by atoms with Crippen molar-refractivity contribution in [3.05, 3.63) is 128 Å². The summed E-state index contributed by atoms with van der Waals surface area (Å²) in [7, 11) is 2.14. The summed E-state index contributed by atoms with van der Waals surface area (Å²) in [6.07, 6.45) is 2.65. The van der Waals surface area contributed by atoms with Crippen LogP contribution in [0.1, 0.15) is 10.4 Å². The molecule has 5 aromatic rings. The largest absolute Gasteiger partial charge is 0.457 e. The van der Waals surface area contributed by atoms with Crippen LogP contribution >= 0.6 is 0 Å². The molecule has 0 aliphatic carbocycles. The Morgan fingerprint density at radius 2 is 1.40 bits per heavy atom. The maximum absolute atomic E-state index is 13.6. The number of hydrogen-bond donors (Lipinski definition) is 4. The second-order valence-corrected chi connectivity index (χ2v) is 11.2. The third kappa shape index (κ3) is 8.14. The van der Waals surface area contributed by atoms with Gasteiger partial charge in [0.05, 0.1) is 11.4 Å². The summed E-state index contributed by atoms with van der Waals surface area (Å²) in [5.41, 5.74) is 3.74. The molecule has 0 unspecified atom stereocenters. The lowest BCUT2D eigenvalue weighted by Gasteiger charge is -2.34. The van der Waals surface area contributed by atoms with Gasteiger partial charge in [-0.05, 0) is 85.9 Å². The first-order valence-electron chi connectivity index (χ1n) is 15.5. The van der Waals surface area contributed by atoms with E-state index in [-0.39, 0.29) is 23.2 Å². The Morgan fingerprint density at radius 3 is 2.10 bits per heavy atom. The highest BCUT2D eigenvalue weighted by Crippen LogP contribution is 2.29. The Morgan fingerprint density at radius 1 is 0.750 bits per heavy atom. The SMILES string of the molecule is C=CC(=O)Nc1ccccc1Nc1nc(Nc2ccc(N3CCN(C)CC3)cc2)ncc1C(=O)Nc1ccc(Oc2ccccc2)cc1. The first-order chi connectivity index (χ1) is 23.4. The molecular formula is C37H36N8O3. The smallest absolute Gasteiger partial charge is 0.261 e. The van der Waals surface area contributed by atoms with Gasteiger partial charge in [-0.1, -0.05) is 36.9 Å². The lowest BCUT2D eigenvalue weighted by Crippen LogP contribution is -2.44. The van der Waals surface area contributed by atoms with E-state index in [0.29, 0.717) is 28.6 Å². The first-order valence-corrected chi connectivity index (χ1v) is 15.5. The first kappa shape index (κ1) is 31.8. The molecule has 2 heterocycles. The maximum Gasteiger partial charge on any atom is 0.261 e. The van der Waals surface area contributed by atoms with Crippen molar-refractivity contribution in [1.82, 2.24) is 14.9 Å². The van der Waals surface area contributed by atoms with Gasteiger partial charge in [0.25, 0.3) is 5.91 Å². The Hall–Kier alpha value is -6.20. The third-order valence-corrected chi connectivity index (χ3v) is 7.74. The van der Waals surface area contributed by atoms with Gasteiger partial charge in [0, 0.05) is 49.4 Å². The van der Waals surface area contributed by atoms with Crippen LogP contribution in [0.15, 0.2) is 122 Å². The van der Waals surface area contributed by atoms with Crippen LogP contribution in [0.4, 0.5) is 40.2 Å². The second kappa shape index (κ2) is 14.9. The molecule has 11 nitrogen and oxygen atoms in total. The molecule has 1 fully saturated rings. The minimum atomic E-state index is -0.426.